The van der Waals surface area contributed by atoms with Gasteiger partial charge in [0.05, 0.1) is 5.75 Å². The van der Waals surface area contributed by atoms with E-state index < -0.39 is 10.0 Å². The zero-order valence-corrected chi connectivity index (χ0v) is 16.7. The van der Waals surface area contributed by atoms with Gasteiger partial charge in [0.1, 0.15) is 0 Å². The van der Waals surface area contributed by atoms with Crippen molar-refractivity contribution in [1.82, 2.24) is 14.6 Å². The van der Waals surface area contributed by atoms with Crippen LogP contribution in [0.15, 0.2) is 67.0 Å². The normalized spacial score (nSPS) is 11.4. The van der Waals surface area contributed by atoms with E-state index in [1.807, 2.05) is 60.3 Å². The van der Waals surface area contributed by atoms with Gasteiger partial charge in [-0.05, 0) is 54.9 Å². The first-order chi connectivity index (χ1) is 13.4. The standard InChI is InChI=1S/C21H23N3O3S/c1-16-9-10-17(13-20(16)24-11-5-6-12-24)21(25)23-14-18-7-3-4-8-19(18)15-28(26,27)22-2/h3-13,22H,14-15H2,1-2H3,(H,23,25). The van der Waals surface area contributed by atoms with Crippen molar-refractivity contribution in [2.75, 3.05) is 7.05 Å². The summed E-state index contributed by atoms with van der Waals surface area (Å²) in [5.74, 6) is -0.336. The van der Waals surface area contributed by atoms with E-state index in [1.54, 1.807) is 18.2 Å². The lowest BCUT2D eigenvalue weighted by molar-refractivity contribution is 0.0951. The number of hydrogen-bond acceptors (Lipinski definition) is 3. The molecule has 2 aromatic carbocycles. The lowest BCUT2D eigenvalue weighted by Crippen LogP contribution is -2.25. The molecule has 1 amide bonds. The summed E-state index contributed by atoms with van der Waals surface area (Å²) in [4.78, 5) is 12.7. The molecule has 0 radical (unpaired) electrons. The van der Waals surface area contributed by atoms with E-state index in [0.717, 1.165) is 16.8 Å². The molecule has 0 aliphatic heterocycles. The van der Waals surface area contributed by atoms with E-state index in [2.05, 4.69) is 10.0 Å². The summed E-state index contributed by atoms with van der Waals surface area (Å²) < 4.78 is 28.0. The van der Waals surface area contributed by atoms with E-state index in [1.165, 1.54) is 7.05 Å². The van der Waals surface area contributed by atoms with Crippen LogP contribution in [0.3, 0.4) is 0 Å². The minimum absolute atomic E-state index is 0.127. The Morgan fingerprint density at radius 3 is 2.36 bits per heavy atom. The van der Waals surface area contributed by atoms with Crippen molar-refractivity contribution in [2.24, 2.45) is 0 Å². The van der Waals surface area contributed by atoms with Gasteiger partial charge in [0.25, 0.3) is 5.91 Å². The van der Waals surface area contributed by atoms with Crippen LogP contribution in [0.5, 0.6) is 0 Å². The van der Waals surface area contributed by atoms with Gasteiger partial charge in [-0.3, -0.25) is 4.79 Å². The second-order valence-electron chi connectivity index (χ2n) is 6.51. The molecule has 0 saturated carbocycles. The number of nitrogens with zero attached hydrogens (tertiary/aromatic N) is 1. The summed E-state index contributed by atoms with van der Waals surface area (Å²) in [5.41, 5.74) is 3.99. The molecule has 1 heterocycles. The molecule has 0 aliphatic rings. The molecule has 0 aliphatic carbocycles. The maximum atomic E-state index is 12.7. The molecule has 6 nitrogen and oxygen atoms in total. The maximum absolute atomic E-state index is 12.7. The lowest BCUT2D eigenvalue weighted by Gasteiger charge is -2.13. The molecule has 3 rings (SSSR count). The second-order valence-corrected chi connectivity index (χ2v) is 8.43. The van der Waals surface area contributed by atoms with Crippen LogP contribution in [-0.4, -0.2) is 25.9 Å². The Bertz CT molecular complexity index is 1070. The van der Waals surface area contributed by atoms with Crippen LogP contribution in [0, 0.1) is 6.92 Å². The molecule has 28 heavy (non-hydrogen) atoms. The fraction of sp³-hybridized carbons (Fsp3) is 0.190. The number of rotatable bonds is 7. The number of nitrogens with one attached hydrogen (secondary N) is 2. The van der Waals surface area contributed by atoms with Gasteiger partial charge < -0.3 is 9.88 Å². The fourth-order valence-corrected chi connectivity index (χ4v) is 3.78. The molecule has 0 fully saturated rings. The zero-order valence-electron chi connectivity index (χ0n) is 15.8. The highest BCUT2D eigenvalue weighted by Crippen LogP contribution is 2.17. The van der Waals surface area contributed by atoms with Gasteiger partial charge in [-0.25, -0.2) is 13.1 Å². The Morgan fingerprint density at radius 1 is 1.00 bits per heavy atom. The Hall–Kier alpha value is -2.90. The molecule has 2 N–H and O–H groups in total. The third kappa shape index (κ3) is 4.68. The summed E-state index contributed by atoms with van der Waals surface area (Å²) in [5, 5.41) is 2.89. The monoisotopic (exact) mass is 397 g/mol. The largest absolute Gasteiger partial charge is 0.348 e. The van der Waals surface area contributed by atoms with Crippen LogP contribution < -0.4 is 10.0 Å². The molecule has 3 aromatic rings. The minimum Gasteiger partial charge on any atom is -0.348 e. The number of amides is 1. The van der Waals surface area contributed by atoms with Gasteiger partial charge in [-0.1, -0.05) is 30.3 Å². The summed E-state index contributed by atoms with van der Waals surface area (Å²) in [6, 6.07) is 16.6. The number of aromatic nitrogens is 1. The van der Waals surface area contributed by atoms with Gasteiger partial charge in [0, 0.05) is 30.2 Å². The van der Waals surface area contributed by atoms with Crippen molar-refractivity contribution in [1.29, 1.82) is 0 Å². The Morgan fingerprint density at radius 2 is 1.68 bits per heavy atom. The zero-order chi connectivity index (χ0) is 20.1. The topological polar surface area (TPSA) is 80.2 Å². The van der Waals surface area contributed by atoms with Gasteiger partial charge in [-0.15, -0.1) is 0 Å². The third-order valence-corrected chi connectivity index (χ3v) is 5.88. The molecule has 0 unspecified atom stereocenters. The van der Waals surface area contributed by atoms with Crippen LogP contribution in [-0.2, 0) is 22.3 Å². The summed E-state index contributed by atoms with van der Waals surface area (Å²) in [7, 11) is -2.00. The third-order valence-electron chi connectivity index (χ3n) is 4.57. The lowest BCUT2D eigenvalue weighted by atomic mass is 10.1. The molecular formula is C21H23N3O3S. The fourth-order valence-electron chi connectivity index (χ4n) is 2.95. The van der Waals surface area contributed by atoms with E-state index in [0.29, 0.717) is 11.1 Å². The predicted octanol–water partition coefficient (Wildman–Crippen LogP) is 2.76. The summed E-state index contributed by atoms with van der Waals surface area (Å²) >= 11 is 0. The van der Waals surface area contributed by atoms with E-state index >= 15 is 0 Å². The number of sulfonamides is 1. The van der Waals surface area contributed by atoms with Crippen LogP contribution in [0.4, 0.5) is 0 Å². The van der Waals surface area contributed by atoms with E-state index in [-0.39, 0.29) is 18.2 Å². The van der Waals surface area contributed by atoms with Gasteiger partial charge in [0.2, 0.25) is 10.0 Å². The minimum atomic E-state index is -3.39. The Balaban J connectivity index is 1.76. The highest BCUT2D eigenvalue weighted by atomic mass is 32.2. The number of carbonyl (C=O) groups excluding carboxylic acids is 1. The molecule has 146 valence electrons. The van der Waals surface area contributed by atoms with Crippen LogP contribution in [0.2, 0.25) is 0 Å². The first-order valence-corrected chi connectivity index (χ1v) is 10.5. The average molecular weight is 398 g/mol. The molecular weight excluding hydrogens is 374 g/mol. The van der Waals surface area contributed by atoms with Crippen molar-refractivity contribution >= 4 is 15.9 Å². The number of carbonyl (C=O) groups is 1. The van der Waals surface area contributed by atoms with E-state index in [4.69, 9.17) is 0 Å². The number of hydrogen-bond donors (Lipinski definition) is 2. The highest BCUT2D eigenvalue weighted by molar-refractivity contribution is 7.88. The summed E-state index contributed by atoms with van der Waals surface area (Å²) in [6.07, 6.45) is 3.87. The smallest absolute Gasteiger partial charge is 0.251 e. The second kappa shape index (κ2) is 8.41. The summed E-state index contributed by atoms with van der Waals surface area (Å²) in [6.45, 7) is 2.25. The molecule has 0 bridgehead atoms. The molecule has 0 saturated heterocycles. The number of aryl methyl sites for hydroxylation is 1. The first-order valence-electron chi connectivity index (χ1n) is 8.90. The van der Waals surface area contributed by atoms with Crippen molar-refractivity contribution in [3.05, 3.63) is 89.2 Å². The number of benzene rings is 2. The molecule has 0 spiro atoms. The average Bonchev–Trinajstić information content (AvgIpc) is 3.22. The SMILES string of the molecule is CNS(=O)(=O)Cc1ccccc1CNC(=O)c1ccc(C)c(-n2cccc2)c1. The van der Waals surface area contributed by atoms with Crippen LogP contribution in [0.25, 0.3) is 5.69 Å². The van der Waals surface area contributed by atoms with Crippen molar-refractivity contribution in [3.63, 3.8) is 0 Å². The molecule has 1 aromatic heterocycles. The molecule has 7 heteroatoms. The van der Waals surface area contributed by atoms with Crippen LogP contribution >= 0.6 is 0 Å². The van der Waals surface area contributed by atoms with E-state index in [9.17, 15) is 13.2 Å². The quantitative estimate of drug-likeness (QED) is 0.643. The first kappa shape index (κ1) is 19.9. The highest BCUT2D eigenvalue weighted by Gasteiger charge is 2.13. The maximum Gasteiger partial charge on any atom is 0.251 e. The van der Waals surface area contributed by atoms with Crippen LogP contribution in [0.1, 0.15) is 27.0 Å². The van der Waals surface area contributed by atoms with Gasteiger partial charge in [0.15, 0.2) is 0 Å². The Kier molecular flexibility index (Phi) is 5.96. The van der Waals surface area contributed by atoms with Gasteiger partial charge >= 0.3 is 0 Å². The Labute approximate surface area is 165 Å². The molecule has 0 atom stereocenters. The van der Waals surface area contributed by atoms with Crippen molar-refractivity contribution in [2.45, 2.75) is 19.2 Å². The van der Waals surface area contributed by atoms with Crippen molar-refractivity contribution < 1.29 is 13.2 Å². The predicted molar refractivity (Wildman–Crippen MR) is 110 cm³/mol. The van der Waals surface area contributed by atoms with Crippen molar-refractivity contribution in [3.8, 4) is 5.69 Å². The van der Waals surface area contributed by atoms with Gasteiger partial charge in [-0.2, -0.15) is 0 Å².